The van der Waals surface area contributed by atoms with Gasteiger partial charge in [0.15, 0.2) is 6.10 Å². The van der Waals surface area contributed by atoms with Crippen molar-refractivity contribution in [2.24, 2.45) is 0 Å². The van der Waals surface area contributed by atoms with E-state index in [2.05, 4.69) is 50.3 Å². The Kier molecular flexibility index (Phi) is 42.3. The number of esters is 2. The Bertz CT molecular complexity index is 1100. The first-order chi connectivity index (χ1) is 29.6. The van der Waals surface area contributed by atoms with Gasteiger partial charge in [-0.15, -0.1) is 0 Å². The molecule has 0 saturated carbocycles. The summed E-state index contributed by atoms with van der Waals surface area (Å²) in [5.74, 6) is -2.02. The molecule has 0 spiro atoms. The van der Waals surface area contributed by atoms with E-state index in [9.17, 15) is 19.5 Å². The molecule has 61 heavy (non-hydrogen) atoms. The summed E-state index contributed by atoms with van der Waals surface area (Å²) in [6.45, 7) is 4.76. The molecule has 0 fully saturated rings. The highest BCUT2D eigenvalue weighted by Crippen LogP contribution is 2.16. The Morgan fingerprint density at radius 3 is 1.39 bits per heavy atom. The van der Waals surface area contributed by atoms with Gasteiger partial charge in [-0.3, -0.25) is 9.59 Å². The number of carboxylic acids is 1. The van der Waals surface area contributed by atoms with E-state index in [-0.39, 0.29) is 32.2 Å². The van der Waals surface area contributed by atoms with Crippen LogP contribution in [0.25, 0.3) is 0 Å². The highest BCUT2D eigenvalue weighted by Gasteiger charge is 2.25. The molecule has 9 heteroatoms. The van der Waals surface area contributed by atoms with Crippen LogP contribution in [0.15, 0.2) is 36.5 Å². The lowest BCUT2D eigenvalue weighted by molar-refractivity contribution is -0.870. The van der Waals surface area contributed by atoms with Gasteiger partial charge in [-0.25, -0.2) is 4.79 Å². The van der Waals surface area contributed by atoms with Gasteiger partial charge in [0.05, 0.1) is 34.4 Å². The van der Waals surface area contributed by atoms with Crippen molar-refractivity contribution in [3.05, 3.63) is 36.5 Å². The van der Waals surface area contributed by atoms with E-state index in [0.29, 0.717) is 23.9 Å². The van der Waals surface area contributed by atoms with Gasteiger partial charge in [-0.2, -0.15) is 0 Å². The number of rotatable bonds is 46. The molecule has 0 aliphatic heterocycles. The molecule has 0 heterocycles. The van der Waals surface area contributed by atoms with Gasteiger partial charge in [-0.1, -0.05) is 198 Å². The highest BCUT2D eigenvalue weighted by molar-refractivity contribution is 5.71. The molecule has 0 rings (SSSR count). The lowest BCUT2D eigenvalue weighted by Gasteiger charge is -2.25. The van der Waals surface area contributed by atoms with Crippen LogP contribution < -0.4 is 0 Å². The molecule has 0 saturated heterocycles. The first kappa shape index (κ1) is 58.5. The number of unbranched alkanes of at least 4 members (excludes halogenated alkanes) is 25. The van der Waals surface area contributed by atoms with Gasteiger partial charge in [0, 0.05) is 12.8 Å². The Hall–Kier alpha value is -2.49. The first-order valence-electron chi connectivity index (χ1n) is 25.2. The SMILES string of the molecule is CC/C=C\C/C=C\C/C=C\CCCCCCCC(=O)OC(COC(=O)CCCCCCCCCCCCCCCCCCCCCCC)COC(OCC[N+](C)(C)C)C(=O)O. The quantitative estimate of drug-likeness (QED) is 0.0212. The molecule has 0 aromatic carbocycles. The summed E-state index contributed by atoms with van der Waals surface area (Å²) in [7, 11) is 5.95. The Balaban J connectivity index is 4.31. The predicted molar refractivity (Wildman–Crippen MR) is 254 cm³/mol. The molecular formula is C52H96NO8+. The Morgan fingerprint density at radius 1 is 0.508 bits per heavy atom. The number of likely N-dealkylation sites (N-methyl/N-ethyl adjacent to an activating group) is 1. The number of nitrogens with zero attached hydrogens (tertiary/aromatic N) is 1. The fourth-order valence-electron chi connectivity index (χ4n) is 7.03. The van der Waals surface area contributed by atoms with Gasteiger partial charge in [0.1, 0.15) is 13.2 Å². The maximum Gasteiger partial charge on any atom is 0.361 e. The van der Waals surface area contributed by atoms with E-state index < -0.39 is 24.3 Å². The summed E-state index contributed by atoms with van der Waals surface area (Å²) in [6, 6.07) is 0. The standard InChI is InChI=1S/C52H95NO8/c1-6-8-10-12-14-16-18-20-22-23-24-25-26-27-29-30-32-34-36-38-40-42-49(54)59-46-48(47-60-52(51(56)57)58-45-44-53(3,4)5)61-50(55)43-41-39-37-35-33-31-28-21-19-17-15-13-11-9-7-2/h9,11,15,17,21,28,48,52H,6-8,10,12-14,16,18-20,22-27,29-47H2,1-5H3/p+1/b11-9-,17-15-,28-21-. The zero-order chi connectivity index (χ0) is 44.9. The average molecular weight is 863 g/mol. The van der Waals surface area contributed by atoms with Gasteiger partial charge in [-0.05, 0) is 44.9 Å². The highest BCUT2D eigenvalue weighted by atomic mass is 16.7. The largest absolute Gasteiger partial charge is 0.477 e. The van der Waals surface area contributed by atoms with Crippen molar-refractivity contribution in [1.29, 1.82) is 0 Å². The number of ether oxygens (including phenoxy) is 4. The monoisotopic (exact) mass is 863 g/mol. The molecule has 0 amide bonds. The minimum Gasteiger partial charge on any atom is -0.477 e. The topological polar surface area (TPSA) is 108 Å². The molecule has 9 nitrogen and oxygen atoms in total. The third-order valence-electron chi connectivity index (χ3n) is 10.9. The molecule has 0 radical (unpaired) electrons. The van der Waals surface area contributed by atoms with E-state index >= 15 is 0 Å². The van der Waals surface area contributed by atoms with Gasteiger partial charge < -0.3 is 28.5 Å². The molecular weight excluding hydrogens is 767 g/mol. The molecule has 1 N–H and O–H groups in total. The lowest BCUT2D eigenvalue weighted by atomic mass is 10.0. The molecule has 0 bridgehead atoms. The van der Waals surface area contributed by atoms with Crippen LogP contribution in [0.1, 0.15) is 219 Å². The zero-order valence-corrected chi connectivity index (χ0v) is 40.3. The number of hydrogen-bond acceptors (Lipinski definition) is 7. The van der Waals surface area contributed by atoms with Crippen LogP contribution in [0, 0.1) is 0 Å². The van der Waals surface area contributed by atoms with Crippen molar-refractivity contribution in [2.75, 3.05) is 47.5 Å². The minimum absolute atomic E-state index is 0.185. The number of aliphatic carboxylic acids is 1. The van der Waals surface area contributed by atoms with Crippen molar-refractivity contribution in [1.82, 2.24) is 0 Å². The van der Waals surface area contributed by atoms with Crippen LogP contribution in [0.5, 0.6) is 0 Å². The molecule has 2 unspecified atom stereocenters. The number of hydrogen-bond donors (Lipinski definition) is 1. The predicted octanol–water partition coefficient (Wildman–Crippen LogP) is 13.8. The van der Waals surface area contributed by atoms with E-state index in [1.807, 2.05) is 21.1 Å². The smallest absolute Gasteiger partial charge is 0.361 e. The maximum atomic E-state index is 12.8. The number of carbonyl (C=O) groups excluding carboxylic acids is 2. The number of quaternary nitrogens is 1. The van der Waals surface area contributed by atoms with Crippen LogP contribution in [0.2, 0.25) is 0 Å². The van der Waals surface area contributed by atoms with E-state index in [1.54, 1.807) is 0 Å². The molecule has 0 aliphatic carbocycles. The third-order valence-corrected chi connectivity index (χ3v) is 10.9. The lowest BCUT2D eigenvalue weighted by Crippen LogP contribution is -2.40. The maximum absolute atomic E-state index is 12.8. The normalized spacial score (nSPS) is 13.1. The third kappa shape index (κ3) is 45.4. The van der Waals surface area contributed by atoms with Crippen LogP contribution >= 0.6 is 0 Å². The summed E-state index contributed by atoms with van der Waals surface area (Å²) in [5, 5.41) is 9.66. The fraction of sp³-hybridized carbons (Fsp3) is 0.827. The van der Waals surface area contributed by atoms with Gasteiger partial charge in [0.2, 0.25) is 0 Å². The van der Waals surface area contributed by atoms with E-state index in [4.69, 9.17) is 18.9 Å². The van der Waals surface area contributed by atoms with Crippen molar-refractivity contribution in [2.45, 2.75) is 232 Å². The van der Waals surface area contributed by atoms with Gasteiger partial charge >= 0.3 is 17.9 Å². The second-order valence-electron chi connectivity index (χ2n) is 18.1. The first-order valence-corrected chi connectivity index (χ1v) is 25.2. The number of carbonyl (C=O) groups is 3. The van der Waals surface area contributed by atoms with Crippen LogP contribution in [0.3, 0.4) is 0 Å². The van der Waals surface area contributed by atoms with Gasteiger partial charge in [0.25, 0.3) is 6.29 Å². The van der Waals surface area contributed by atoms with Crippen LogP contribution in [-0.2, 0) is 33.3 Å². The van der Waals surface area contributed by atoms with Crippen molar-refractivity contribution < 1.29 is 42.9 Å². The van der Waals surface area contributed by atoms with Crippen LogP contribution in [-0.4, -0.2) is 87.4 Å². The van der Waals surface area contributed by atoms with E-state index in [1.165, 1.54) is 116 Å². The second-order valence-corrected chi connectivity index (χ2v) is 18.1. The fourth-order valence-corrected chi connectivity index (χ4v) is 7.03. The van der Waals surface area contributed by atoms with E-state index in [0.717, 1.165) is 70.6 Å². The number of allylic oxidation sites excluding steroid dienone is 6. The molecule has 0 aliphatic rings. The zero-order valence-electron chi connectivity index (χ0n) is 40.3. The summed E-state index contributed by atoms with van der Waals surface area (Å²) in [5.41, 5.74) is 0. The number of carboxylic acid groups (broad SMARTS) is 1. The van der Waals surface area contributed by atoms with Crippen LogP contribution in [0.4, 0.5) is 0 Å². The average Bonchev–Trinajstić information content (AvgIpc) is 3.22. The summed E-state index contributed by atoms with van der Waals surface area (Å²) < 4.78 is 22.8. The summed E-state index contributed by atoms with van der Waals surface area (Å²) in [4.78, 5) is 37.2. The minimum atomic E-state index is -1.51. The Morgan fingerprint density at radius 2 is 0.934 bits per heavy atom. The van der Waals surface area contributed by atoms with Crippen molar-refractivity contribution >= 4 is 17.9 Å². The molecule has 2 atom stereocenters. The molecule has 0 aromatic rings. The molecule has 0 aromatic heterocycles. The van der Waals surface area contributed by atoms with Crippen molar-refractivity contribution in [3.8, 4) is 0 Å². The summed E-state index contributed by atoms with van der Waals surface area (Å²) in [6.07, 6.45) is 47.8. The summed E-state index contributed by atoms with van der Waals surface area (Å²) >= 11 is 0. The molecule has 356 valence electrons. The Labute approximate surface area is 375 Å². The second kappa shape index (κ2) is 44.1. The van der Waals surface area contributed by atoms with Crippen molar-refractivity contribution in [3.63, 3.8) is 0 Å².